The Morgan fingerprint density at radius 3 is 2.45 bits per heavy atom. The second kappa shape index (κ2) is 10.2. The van der Waals surface area contributed by atoms with Gasteiger partial charge in [-0.25, -0.2) is 4.39 Å². The summed E-state index contributed by atoms with van der Waals surface area (Å²) in [5.74, 6) is -2.32. The lowest BCUT2D eigenvalue weighted by Gasteiger charge is -2.07. The van der Waals surface area contributed by atoms with Crippen LogP contribution in [-0.4, -0.2) is 18.4 Å². The highest BCUT2D eigenvalue weighted by Crippen LogP contribution is 2.18. The Balaban J connectivity index is 2.26. The SMILES string of the molecule is CCCCCCCCNC(=O)C(=O)Nc1ccc(Cl)cc1F. The molecule has 0 unspecified atom stereocenters. The quantitative estimate of drug-likeness (QED) is 0.561. The van der Waals surface area contributed by atoms with Crippen LogP contribution in [-0.2, 0) is 9.59 Å². The number of unbranched alkanes of at least 4 members (excludes halogenated alkanes) is 5. The molecular weight excluding hydrogens is 307 g/mol. The number of hydrogen-bond donors (Lipinski definition) is 2. The van der Waals surface area contributed by atoms with Crippen LogP contribution in [0.25, 0.3) is 0 Å². The number of halogens is 2. The van der Waals surface area contributed by atoms with Crippen LogP contribution in [0.15, 0.2) is 18.2 Å². The van der Waals surface area contributed by atoms with Crippen LogP contribution in [0.5, 0.6) is 0 Å². The predicted molar refractivity (Wildman–Crippen MR) is 86.4 cm³/mol. The molecule has 0 spiro atoms. The molecule has 0 bridgehead atoms. The van der Waals surface area contributed by atoms with Gasteiger partial charge in [0.2, 0.25) is 0 Å². The molecule has 0 heterocycles. The summed E-state index contributed by atoms with van der Waals surface area (Å²) in [6, 6.07) is 3.83. The molecule has 0 atom stereocenters. The smallest absolute Gasteiger partial charge is 0.313 e. The Morgan fingerprint density at radius 1 is 1.09 bits per heavy atom. The van der Waals surface area contributed by atoms with Crippen LogP contribution in [0.1, 0.15) is 45.4 Å². The summed E-state index contributed by atoms with van der Waals surface area (Å²) >= 11 is 5.61. The van der Waals surface area contributed by atoms with Gasteiger partial charge in [0, 0.05) is 11.6 Å². The van der Waals surface area contributed by atoms with Crippen molar-refractivity contribution in [2.45, 2.75) is 45.4 Å². The molecule has 0 fully saturated rings. The highest BCUT2D eigenvalue weighted by molar-refractivity contribution is 6.39. The molecule has 6 heteroatoms. The van der Waals surface area contributed by atoms with Crippen LogP contribution < -0.4 is 10.6 Å². The maximum Gasteiger partial charge on any atom is 0.313 e. The molecule has 2 amide bonds. The largest absolute Gasteiger partial charge is 0.348 e. The highest BCUT2D eigenvalue weighted by Gasteiger charge is 2.15. The van der Waals surface area contributed by atoms with Gasteiger partial charge in [-0.15, -0.1) is 0 Å². The lowest BCUT2D eigenvalue weighted by Crippen LogP contribution is -2.36. The molecule has 0 aliphatic rings. The molecule has 0 saturated carbocycles. The van der Waals surface area contributed by atoms with Gasteiger partial charge >= 0.3 is 11.8 Å². The number of hydrogen-bond acceptors (Lipinski definition) is 2. The minimum absolute atomic E-state index is 0.0656. The molecule has 0 aliphatic carbocycles. The zero-order chi connectivity index (χ0) is 16.4. The van der Waals surface area contributed by atoms with Crippen molar-refractivity contribution >= 4 is 29.1 Å². The maximum atomic E-state index is 13.5. The predicted octanol–water partition coefficient (Wildman–Crippen LogP) is 3.89. The van der Waals surface area contributed by atoms with E-state index in [1.54, 1.807) is 0 Å². The first kappa shape index (κ1) is 18.4. The van der Waals surface area contributed by atoms with E-state index in [0.717, 1.165) is 25.3 Å². The Kier molecular flexibility index (Phi) is 8.51. The fraction of sp³-hybridized carbons (Fsp3) is 0.500. The van der Waals surface area contributed by atoms with E-state index in [1.165, 1.54) is 31.4 Å². The van der Waals surface area contributed by atoms with Crippen LogP contribution in [0.2, 0.25) is 5.02 Å². The zero-order valence-corrected chi connectivity index (χ0v) is 13.5. The molecule has 0 radical (unpaired) electrons. The first-order chi connectivity index (χ1) is 10.5. The topological polar surface area (TPSA) is 58.2 Å². The molecule has 1 aromatic rings. The average Bonchev–Trinajstić information content (AvgIpc) is 2.48. The third kappa shape index (κ3) is 6.89. The van der Waals surface area contributed by atoms with Crippen LogP contribution in [0, 0.1) is 5.82 Å². The number of amides is 2. The van der Waals surface area contributed by atoms with Crippen molar-refractivity contribution in [2.24, 2.45) is 0 Å². The first-order valence-corrected chi connectivity index (χ1v) is 7.96. The molecule has 2 N–H and O–H groups in total. The van der Waals surface area contributed by atoms with Gasteiger partial charge in [0.05, 0.1) is 5.69 Å². The third-order valence-corrected chi connectivity index (χ3v) is 3.44. The number of rotatable bonds is 8. The molecule has 22 heavy (non-hydrogen) atoms. The van der Waals surface area contributed by atoms with Crippen molar-refractivity contribution in [1.82, 2.24) is 5.32 Å². The van der Waals surface area contributed by atoms with E-state index in [0.29, 0.717) is 6.54 Å². The van der Waals surface area contributed by atoms with Gasteiger partial charge in [0.25, 0.3) is 0 Å². The number of anilines is 1. The lowest BCUT2D eigenvalue weighted by molar-refractivity contribution is -0.136. The fourth-order valence-corrected chi connectivity index (χ4v) is 2.12. The zero-order valence-electron chi connectivity index (χ0n) is 12.8. The van der Waals surface area contributed by atoms with E-state index < -0.39 is 17.6 Å². The number of benzene rings is 1. The van der Waals surface area contributed by atoms with Gasteiger partial charge in [-0.2, -0.15) is 0 Å². The van der Waals surface area contributed by atoms with Gasteiger partial charge in [-0.1, -0.05) is 50.6 Å². The summed E-state index contributed by atoms with van der Waals surface area (Å²) in [6.45, 7) is 2.60. The van der Waals surface area contributed by atoms with Crippen molar-refractivity contribution < 1.29 is 14.0 Å². The minimum Gasteiger partial charge on any atom is -0.348 e. The Hall–Kier alpha value is -1.62. The van der Waals surface area contributed by atoms with E-state index in [9.17, 15) is 14.0 Å². The lowest BCUT2D eigenvalue weighted by atomic mass is 10.1. The number of nitrogens with one attached hydrogen (secondary N) is 2. The molecule has 1 rings (SSSR count). The maximum absolute atomic E-state index is 13.5. The normalized spacial score (nSPS) is 10.3. The second-order valence-corrected chi connectivity index (χ2v) is 5.54. The van der Waals surface area contributed by atoms with Crippen molar-refractivity contribution in [3.05, 3.63) is 29.0 Å². The Labute approximate surface area is 135 Å². The van der Waals surface area contributed by atoms with Gasteiger partial charge in [0.1, 0.15) is 5.82 Å². The van der Waals surface area contributed by atoms with Crippen molar-refractivity contribution in [3.63, 3.8) is 0 Å². The average molecular weight is 329 g/mol. The molecular formula is C16H22ClFN2O2. The number of carbonyl (C=O) groups is 2. The highest BCUT2D eigenvalue weighted by atomic mass is 35.5. The second-order valence-electron chi connectivity index (χ2n) is 5.10. The number of carbonyl (C=O) groups excluding carboxylic acids is 2. The monoisotopic (exact) mass is 328 g/mol. The Bertz CT molecular complexity index is 509. The standard InChI is InChI=1S/C16H22ClFN2O2/c1-2-3-4-5-6-7-10-19-15(21)16(22)20-14-9-8-12(17)11-13(14)18/h8-9,11H,2-7,10H2,1H3,(H,19,21)(H,20,22). The fourth-order valence-electron chi connectivity index (χ4n) is 1.96. The summed E-state index contributed by atoms with van der Waals surface area (Å²) in [7, 11) is 0. The van der Waals surface area contributed by atoms with E-state index in [1.807, 2.05) is 0 Å². The summed E-state index contributed by atoms with van der Waals surface area (Å²) < 4.78 is 13.5. The Morgan fingerprint density at radius 2 is 1.77 bits per heavy atom. The van der Waals surface area contributed by atoms with Crippen molar-refractivity contribution in [2.75, 3.05) is 11.9 Å². The van der Waals surface area contributed by atoms with Gasteiger partial charge in [0.15, 0.2) is 0 Å². The summed E-state index contributed by atoms with van der Waals surface area (Å²) in [4.78, 5) is 23.2. The third-order valence-electron chi connectivity index (χ3n) is 3.20. The molecule has 0 aliphatic heterocycles. The molecule has 4 nitrogen and oxygen atoms in total. The summed E-state index contributed by atoms with van der Waals surface area (Å²) in [5.41, 5.74) is -0.0656. The van der Waals surface area contributed by atoms with Crippen LogP contribution >= 0.6 is 11.6 Å². The van der Waals surface area contributed by atoms with Gasteiger partial charge < -0.3 is 10.6 Å². The summed E-state index contributed by atoms with van der Waals surface area (Å²) in [6.07, 6.45) is 6.60. The van der Waals surface area contributed by atoms with E-state index in [2.05, 4.69) is 17.6 Å². The van der Waals surface area contributed by atoms with Crippen LogP contribution in [0.3, 0.4) is 0 Å². The van der Waals surface area contributed by atoms with Crippen molar-refractivity contribution in [3.8, 4) is 0 Å². The van der Waals surface area contributed by atoms with E-state index in [-0.39, 0.29) is 10.7 Å². The van der Waals surface area contributed by atoms with Gasteiger partial charge in [-0.05, 0) is 24.6 Å². The molecule has 122 valence electrons. The summed E-state index contributed by atoms with van der Waals surface area (Å²) in [5, 5.41) is 4.97. The first-order valence-electron chi connectivity index (χ1n) is 7.58. The minimum atomic E-state index is -0.882. The van der Waals surface area contributed by atoms with E-state index >= 15 is 0 Å². The molecule has 0 aromatic heterocycles. The van der Waals surface area contributed by atoms with Crippen LogP contribution in [0.4, 0.5) is 10.1 Å². The van der Waals surface area contributed by atoms with Crippen molar-refractivity contribution in [1.29, 1.82) is 0 Å². The molecule has 0 saturated heterocycles. The molecule has 1 aromatic carbocycles. The van der Waals surface area contributed by atoms with E-state index in [4.69, 9.17) is 11.6 Å². The van der Waals surface area contributed by atoms with Gasteiger partial charge in [-0.3, -0.25) is 9.59 Å².